The highest BCUT2D eigenvalue weighted by molar-refractivity contribution is 6.03. The fourth-order valence-corrected chi connectivity index (χ4v) is 3.80. The van der Waals surface area contributed by atoms with Crippen molar-refractivity contribution in [1.29, 1.82) is 0 Å². The van der Waals surface area contributed by atoms with Gasteiger partial charge in [0.25, 0.3) is 5.91 Å². The Balaban J connectivity index is 2.23. The molecule has 186 valence electrons. The summed E-state index contributed by atoms with van der Waals surface area (Å²) < 4.78 is 20.1. The summed E-state index contributed by atoms with van der Waals surface area (Å²) in [6.07, 6.45) is -0.507. The first-order valence-corrected chi connectivity index (χ1v) is 11.2. The molecular formula is C25H34FN3O5. The summed E-state index contributed by atoms with van der Waals surface area (Å²) in [7, 11) is 1.77. The van der Waals surface area contributed by atoms with Gasteiger partial charge in [0.2, 0.25) is 5.91 Å². The van der Waals surface area contributed by atoms with Crippen LogP contribution in [-0.2, 0) is 26.2 Å². The summed E-state index contributed by atoms with van der Waals surface area (Å²) in [6.45, 7) is 8.94. The van der Waals surface area contributed by atoms with Crippen molar-refractivity contribution < 1.29 is 28.3 Å². The second kappa shape index (κ2) is 10.8. The van der Waals surface area contributed by atoms with Crippen LogP contribution in [0.5, 0.6) is 0 Å². The smallest absolute Gasteiger partial charge is 0.308 e. The molecule has 0 aliphatic heterocycles. The van der Waals surface area contributed by atoms with E-state index in [4.69, 9.17) is 4.74 Å². The molecule has 0 aliphatic carbocycles. The molecule has 0 saturated heterocycles. The minimum atomic E-state index is -1.40. The van der Waals surface area contributed by atoms with Crippen molar-refractivity contribution in [2.45, 2.75) is 65.6 Å². The highest BCUT2D eigenvalue weighted by Gasteiger charge is 2.32. The molecule has 2 atom stereocenters. The van der Waals surface area contributed by atoms with E-state index in [1.807, 2.05) is 31.2 Å². The molecular weight excluding hydrogens is 441 g/mol. The van der Waals surface area contributed by atoms with Crippen LogP contribution in [-0.4, -0.2) is 52.5 Å². The summed E-state index contributed by atoms with van der Waals surface area (Å²) >= 11 is 0. The molecule has 0 spiro atoms. The molecule has 0 saturated carbocycles. The number of esters is 1. The van der Waals surface area contributed by atoms with Gasteiger partial charge in [0, 0.05) is 18.0 Å². The molecule has 2 amide bonds. The van der Waals surface area contributed by atoms with E-state index in [2.05, 4.69) is 10.6 Å². The zero-order valence-corrected chi connectivity index (χ0v) is 20.8. The predicted octanol–water partition coefficient (Wildman–Crippen LogP) is 3.00. The highest BCUT2D eigenvalue weighted by Crippen LogP contribution is 2.24. The quantitative estimate of drug-likeness (QED) is 0.543. The van der Waals surface area contributed by atoms with E-state index in [1.54, 1.807) is 46.2 Å². The van der Waals surface area contributed by atoms with Gasteiger partial charge >= 0.3 is 5.97 Å². The van der Waals surface area contributed by atoms with E-state index in [0.717, 1.165) is 16.5 Å². The van der Waals surface area contributed by atoms with Crippen LogP contribution in [0, 0.1) is 12.8 Å². The van der Waals surface area contributed by atoms with Crippen molar-refractivity contribution in [3.63, 3.8) is 0 Å². The molecule has 2 aromatic rings. The van der Waals surface area contributed by atoms with Gasteiger partial charge in [-0.05, 0) is 45.2 Å². The molecule has 1 aromatic carbocycles. The van der Waals surface area contributed by atoms with E-state index < -0.39 is 54.3 Å². The van der Waals surface area contributed by atoms with Gasteiger partial charge in [0.15, 0.2) is 5.78 Å². The van der Waals surface area contributed by atoms with Gasteiger partial charge in [-0.3, -0.25) is 19.2 Å². The van der Waals surface area contributed by atoms with Crippen LogP contribution >= 0.6 is 0 Å². The Morgan fingerprint density at radius 1 is 1.09 bits per heavy atom. The van der Waals surface area contributed by atoms with Crippen LogP contribution in [0.2, 0.25) is 0 Å². The summed E-state index contributed by atoms with van der Waals surface area (Å²) in [5.74, 6) is -3.17. The number of ether oxygens (including phenoxy) is 1. The van der Waals surface area contributed by atoms with Crippen LogP contribution in [0.15, 0.2) is 24.3 Å². The number of hydrogen-bond acceptors (Lipinski definition) is 5. The first kappa shape index (κ1) is 27.0. The lowest BCUT2D eigenvalue weighted by Crippen LogP contribution is -2.54. The number of alkyl halides is 1. The number of halogens is 1. The number of rotatable bonds is 9. The van der Waals surface area contributed by atoms with Gasteiger partial charge in [-0.25, -0.2) is 4.39 Å². The second-order valence-corrected chi connectivity index (χ2v) is 9.70. The topological polar surface area (TPSA) is 107 Å². The van der Waals surface area contributed by atoms with Crippen LogP contribution < -0.4 is 10.6 Å². The van der Waals surface area contributed by atoms with Crippen molar-refractivity contribution in [2.24, 2.45) is 13.0 Å². The number of Topliss-reactive ketones (excluding diaryl/α,β-unsaturated/α-hetero) is 1. The molecule has 9 heteroatoms. The number of hydrogen-bond donors (Lipinski definition) is 2. The Bertz CT molecular complexity index is 1050. The number of ketones is 1. The molecule has 0 fully saturated rings. The number of carbonyl (C=O) groups is 4. The molecule has 34 heavy (non-hydrogen) atoms. The van der Waals surface area contributed by atoms with E-state index in [-0.39, 0.29) is 5.92 Å². The maximum absolute atomic E-state index is 13.2. The summed E-state index contributed by atoms with van der Waals surface area (Å²) in [4.78, 5) is 50.5. The molecule has 0 aliphatic rings. The standard InChI is InChI=1S/C25H34FN3O5/c1-14(2)21(23(32)27-17(19(30)13-26)12-20(31)34-25(4,5)6)28-24(33)22-15(3)16-10-8-9-11-18(16)29(22)7/h8-11,14,17,21H,12-13H2,1-7H3,(H,27,32)(H,28,33)/t17?,21-/m0/s1. The number of nitrogens with one attached hydrogen (secondary N) is 2. The average Bonchev–Trinajstić information content (AvgIpc) is 2.99. The van der Waals surface area contributed by atoms with Gasteiger partial charge in [-0.1, -0.05) is 32.0 Å². The first-order valence-electron chi connectivity index (χ1n) is 11.2. The third-order valence-electron chi connectivity index (χ3n) is 5.44. The number of benzene rings is 1. The molecule has 1 unspecified atom stereocenters. The maximum Gasteiger partial charge on any atom is 0.308 e. The molecule has 1 heterocycles. The number of aromatic nitrogens is 1. The zero-order valence-electron chi connectivity index (χ0n) is 20.8. The maximum atomic E-state index is 13.2. The van der Waals surface area contributed by atoms with Gasteiger partial charge in [0.1, 0.15) is 30.1 Å². The zero-order chi connectivity index (χ0) is 25.8. The van der Waals surface area contributed by atoms with E-state index >= 15 is 0 Å². The molecule has 2 rings (SSSR count). The third-order valence-corrected chi connectivity index (χ3v) is 5.44. The molecule has 8 nitrogen and oxygen atoms in total. The van der Waals surface area contributed by atoms with Gasteiger partial charge in [-0.2, -0.15) is 0 Å². The van der Waals surface area contributed by atoms with Crippen molar-refractivity contribution in [1.82, 2.24) is 15.2 Å². The van der Waals surface area contributed by atoms with Crippen LogP contribution in [0.4, 0.5) is 4.39 Å². The Labute approximate surface area is 199 Å². The molecule has 2 N–H and O–H groups in total. The Morgan fingerprint density at radius 2 is 1.71 bits per heavy atom. The number of aryl methyl sites for hydroxylation is 2. The molecule has 1 aromatic heterocycles. The second-order valence-electron chi connectivity index (χ2n) is 9.70. The van der Waals surface area contributed by atoms with Crippen LogP contribution in [0.25, 0.3) is 10.9 Å². The van der Waals surface area contributed by atoms with E-state index in [1.165, 1.54) is 0 Å². The minimum absolute atomic E-state index is 0.346. The van der Waals surface area contributed by atoms with Crippen molar-refractivity contribution in [3.8, 4) is 0 Å². The fraction of sp³-hybridized carbons (Fsp3) is 0.520. The van der Waals surface area contributed by atoms with Crippen molar-refractivity contribution >= 4 is 34.5 Å². The number of carbonyl (C=O) groups excluding carboxylic acids is 4. The summed E-state index contributed by atoms with van der Waals surface area (Å²) in [6, 6.07) is 5.16. The lowest BCUT2D eigenvalue weighted by molar-refractivity contribution is -0.156. The summed E-state index contributed by atoms with van der Waals surface area (Å²) in [5.41, 5.74) is 1.26. The Morgan fingerprint density at radius 3 is 2.24 bits per heavy atom. The minimum Gasteiger partial charge on any atom is -0.460 e. The number of amides is 2. The number of nitrogens with zero attached hydrogens (tertiary/aromatic N) is 1. The largest absolute Gasteiger partial charge is 0.460 e. The number of para-hydroxylation sites is 1. The number of fused-ring (bicyclic) bond motifs is 1. The monoisotopic (exact) mass is 475 g/mol. The molecule has 0 radical (unpaired) electrons. The normalized spacial score (nSPS) is 13.4. The first-order chi connectivity index (χ1) is 15.8. The fourth-order valence-electron chi connectivity index (χ4n) is 3.80. The SMILES string of the molecule is Cc1c(C(=O)N[C@H](C(=O)NC(CC(=O)OC(C)(C)C)C(=O)CF)C(C)C)n(C)c2ccccc12. The lowest BCUT2D eigenvalue weighted by Gasteiger charge is -2.26. The van der Waals surface area contributed by atoms with E-state index in [0.29, 0.717) is 5.69 Å². The van der Waals surface area contributed by atoms with Gasteiger partial charge in [-0.15, -0.1) is 0 Å². The molecule has 0 bridgehead atoms. The van der Waals surface area contributed by atoms with Crippen molar-refractivity contribution in [3.05, 3.63) is 35.5 Å². The predicted molar refractivity (Wildman–Crippen MR) is 127 cm³/mol. The van der Waals surface area contributed by atoms with Crippen molar-refractivity contribution in [2.75, 3.05) is 6.67 Å². The lowest BCUT2D eigenvalue weighted by atomic mass is 10.0. The van der Waals surface area contributed by atoms with Gasteiger partial charge in [0.05, 0.1) is 6.42 Å². The van der Waals surface area contributed by atoms with E-state index in [9.17, 15) is 23.6 Å². The van der Waals surface area contributed by atoms with Crippen LogP contribution in [0.3, 0.4) is 0 Å². The Kier molecular flexibility index (Phi) is 8.58. The van der Waals surface area contributed by atoms with Gasteiger partial charge < -0.3 is 19.9 Å². The average molecular weight is 476 g/mol. The Hall–Kier alpha value is -3.23. The third kappa shape index (κ3) is 6.42. The summed E-state index contributed by atoms with van der Waals surface area (Å²) in [5, 5.41) is 6.09. The highest BCUT2D eigenvalue weighted by atomic mass is 19.1. The van der Waals surface area contributed by atoms with Crippen LogP contribution in [0.1, 0.15) is 57.1 Å².